The molecule has 0 unspecified atom stereocenters. The van der Waals surface area contributed by atoms with Crippen molar-refractivity contribution in [2.45, 2.75) is 19.9 Å². The van der Waals surface area contributed by atoms with Crippen LogP contribution in [0, 0.1) is 5.92 Å². The molecule has 2 amide bonds. The third kappa shape index (κ3) is 6.32. The highest BCUT2D eigenvalue weighted by molar-refractivity contribution is 5.94. The van der Waals surface area contributed by atoms with E-state index < -0.39 is 6.04 Å². The maximum atomic E-state index is 11.9. The Morgan fingerprint density at radius 3 is 2.45 bits per heavy atom. The average Bonchev–Trinajstić information content (AvgIpc) is 2.50. The van der Waals surface area contributed by atoms with Gasteiger partial charge in [0.05, 0.1) is 13.2 Å². The van der Waals surface area contributed by atoms with Crippen LogP contribution in [0.1, 0.15) is 24.2 Å². The molecule has 1 aromatic rings. The van der Waals surface area contributed by atoms with Gasteiger partial charge >= 0.3 is 0 Å². The molecule has 0 aliphatic rings. The molecule has 0 radical (unpaired) electrons. The molecule has 4 N–H and O–H groups in total. The Bertz CT molecular complexity index is 495. The highest BCUT2D eigenvalue weighted by atomic mass is 35.5. The van der Waals surface area contributed by atoms with E-state index in [2.05, 4.69) is 10.6 Å². The molecular formula is C15H24ClN3O3. The van der Waals surface area contributed by atoms with E-state index in [1.54, 1.807) is 31.4 Å². The van der Waals surface area contributed by atoms with Crippen LogP contribution in [0.2, 0.25) is 0 Å². The fourth-order valence-corrected chi connectivity index (χ4v) is 1.65. The van der Waals surface area contributed by atoms with Crippen molar-refractivity contribution in [3.8, 4) is 5.75 Å². The predicted octanol–water partition coefficient (Wildman–Crippen LogP) is 0.946. The van der Waals surface area contributed by atoms with Crippen LogP contribution in [0.25, 0.3) is 0 Å². The number of carbonyl (C=O) groups excluding carboxylic acids is 2. The second kappa shape index (κ2) is 10.0. The molecule has 0 heterocycles. The lowest BCUT2D eigenvalue weighted by Crippen LogP contribution is -2.46. The summed E-state index contributed by atoms with van der Waals surface area (Å²) in [6.45, 7) is 4.45. The molecular weight excluding hydrogens is 306 g/mol. The quantitative estimate of drug-likeness (QED) is 0.649. The van der Waals surface area contributed by atoms with E-state index in [0.29, 0.717) is 24.4 Å². The summed E-state index contributed by atoms with van der Waals surface area (Å²) in [7, 11) is 1.55. The molecule has 1 rings (SSSR count). The fraction of sp³-hybridized carbons (Fsp3) is 0.467. The Morgan fingerprint density at radius 1 is 1.23 bits per heavy atom. The van der Waals surface area contributed by atoms with Crippen molar-refractivity contribution in [1.29, 1.82) is 0 Å². The van der Waals surface area contributed by atoms with Gasteiger partial charge in [-0.15, -0.1) is 12.4 Å². The molecule has 0 fully saturated rings. The van der Waals surface area contributed by atoms with Gasteiger partial charge in [-0.05, 0) is 24.1 Å². The topological polar surface area (TPSA) is 93.5 Å². The van der Waals surface area contributed by atoms with Crippen LogP contribution in [-0.4, -0.2) is 38.1 Å². The van der Waals surface area contributed by atoms with Gasteiger partial charge in [0.2, 0.25) is 5.91 Å². The minimum atomic E-state index is -0.529. The summed E-state index contributed by atoms with van der Waals surface area (Å²) in [5.74, 6) is 0.284. The predicted molar refractivity (Wildman–Crippen MR) is 88.4 cm³/mol. The number of nitrogens with two attached hydrogens (primary N) is 1. The van der Waals surface area contributed by atoms with Gasteiger partial charge in [0.25, 0.3) is 5.91 Å². The molecule has 1 atom stereocenters. The van der Waals surface area contributed by atoms with Gasteiger partial charge in [-0.25, -0.2) is 0 Å². The molecule has 0 saturated carbocycles. The second-order valence-electron chi connectivity index (χ2n) is 5.05. The molecule has 0 bridgehead atoms. The van der Waals surface area contributed by atoms with Crippen molar-refractivity contribution in [3.63, 3.8) is 0 Å². The smallest absolute Gasteiger partial charge is 0.251 e. The number of hydrogen-bond acceptors (Lipinski definition) is 4. The minimum absolute atomic E-state index is 0. The molecule has 0 saturated heterocycles. The van der Waals surface area contributed by atoms with Crippen LogP contribution in [-0.2, 0) is 4.79 Å². The number of rotatable bonds is 7. The number of carbonyl (C=O) groups is 2. The van der Waals surface area contributed by atoms with Crippen molar-refractivity contribution in [3.05, 3.63) is 29.8 Å². The number of benzene rings is 1. The highest BCUT2D eigenvalue weighted by Crippen LogP contribution is 2.12. The van der Waals surface area contributed by atoms with Crippen LogP contribution in [0.3, 0.4) is 0 Å². The first kappa shape index (κ1) is 20.2. The fourth-order valence-electron chi connectivity index (χ4n) is 1.65. The van der Waals surface area contributed by atoms with Crippen molar-refractivity contribution in [2.24, 2.45) is 11.7 Å². The summed E-state index contributed by atoms with van der Waals surface area (Å²) < 4.78 is 5.06. The van der Waals surface area contributed by atoms with Gasteiger partial charge in [0.1, 0.15) is 5.75 Å². The van der Waals surface area contributed by atoms with Crippen LogP contribution in [0.4, 0.5) is 0 Å². The number of ether oxygens (including phenoxy) is 1. The molecule has 0 aliphatic carbocycles. The molecule has 0 aliphatic heterocycles. The molecule has 0 spiro atoms. The van der Waals surface area contributed by atoms with E-state index in [4.69, 9.17) is 10.5 Å². The lowest BCUT2D eigenvalue weighted by Gasteiger charge is -2.15. The van der Waals surface area contributed by atoms with Gasteiger partial charge in [-0.3, -0.25) is 9.59 Å². The van der Waals surface area contributed by atoms with E-state index in [1.165, 1.54) is 0 Å². The first-order valence-electron chi connectivity index (χ1n) is 6.91. The Morgan fingerprint density at radius 2 is 1.86 bits per heavy atom. The summed E-state index contributed by atoms with van der Waals surface area (Å²) in [6.07, 6.45) is 0. The normalized spacial score (nSPS) is 11.3. The maximum Gasteiger partial charge on any atom is 0.251 e. The summed E-state index contributed by atoms with van der Waals surface area (Å²) >= 11 is 0. The van der Waals surface area contributed by atoms with E-state index in [0.717, 1.165) is 0 Å². The third-order valence-electron chi connectivity index (χ3n) is 3.06. The number of amides is 2. The van der Waals surface area contributed by atoms with Gasteiger partial charge in [0, 0.05) is 18.7 Å². The zero-order valence-corrected chi connectivity index (χ0v) is 13.9. The summed E-state index contributed by atoms with van der Waals surface area (Å²) in [4.78, 5) is 23.5. The Balaban J connectivity index is 0.00000441. The van der Waals surface area contributed by atoms with Crippen LogP contribution in [0.5, 0.6) is 5.75 Å². The van der Waals surface area contributed by atoms with Gasteiger partial charge in [-0.2, -0.15) is 0 Å². The monoisotopic (exact) mass is 329 g/mol. The summed E-state index contributed by atoms with van der Waals surface area (Å²) in [5.41, 5.74) is 6.23. The van der Waals surface area contributed by atoms with E-state index in [9.17, 15) is 9.59 Å². The van der Waals surface area contributed by atoms with Crippen molar-refractivity contribution in [1.82, 2.24) is 10.6 Å². The second-order valence-corrected chi connectivity index (χ2v) is 5.05. The zero-order chi connectivity index (χ0) is 15.8. The molecule has 0 aromatic heterocycles. The van der Waals surface area contributed by atoms with E-state index in [1.807, 2.05) is 13.8 Å². The zero-order valence-electron chi connectivity index (χ0n) is 13.1. The molecule has 124 valence electrons. The molecule has 6 nitrogen and oxygen atoms in total. The first-order chi connectivity index (χ1) is 9.95. The lowest BCUT2D eigenvalue weighted by molar-refractivity contribution is -0.123. The third-order valence-corrected chi connectivity index (χ3v) is 3.06. The van der Waals surface area contributed by atoms with Crippen LogP contribution >= 0.6 is 12.4 Å². The highest BCUT2D eigenvalue weighted by Gasteiger charge is 2.16. The Hall–Kier alpha value is -1.79. The van der Waals surface area contributed by atoms with Crippen LogP contribution < -0.4 is 21.1 Å². The summed E-state index contributed by atoms with van der Waals surface area (Å²) in [5, 5.41) is 5.41. The standard InChI is InChI=1S/C15H23N3O3.ClH/c1-10(2)13(16)15(20)18-8-7-17-14(19)11-5-4-6-12(9-11)21-3;/h4-6,9-10,13H,7-8,16H2,1-3H3,(H,17,19)(H,18,20);1H/t13-;/m0./s1. The number of methoxy groups -OCH3 is 1. The first-order valence-corrected chi connectivity index (χ1v) is 6.91. The maximum absolute atomic E-state index is 11.9. The van der Waals surface area contributed by atoms with Gasteiger partial charge in [-0.1, -0.05) is 19.9 Å². The average molecular weight is 330 g/mol. The molecule has 22 heavy (non-hydrogen) atoms. The van der Waals surface area contributed by atoms with E-state index >= 15 is 0 Å². The Labute approximate surface area is 137 Å². The molecule has 1 aromatic carbocycles. The van der Waals surface area contributed by atoms with Crippen molar-refractivity contribution in [2.75, 3.05) is 20.2 Å². The lowest BCUT2D eigenvalue weighted by atomic mass is 10.1. The number of hydrogen-bond donors (Lipinski definition) is 3. The SMILES string of the molecule is COc1cccc(C(=O)NCCNC(=O)[C@@H](N)C(C)C)c1.Cl. The number of halogens is 1. The van der Waals surface area contributed by atoms with Crippen molar-refractivity contribution < 1.29 is 14.3 Å². The van der Waals surface area contributed by atoms with Gasteiger partial charge < -0.3 is 21.1 Å². The van der Waals surface area contributed by atoms with Crippen molar-refractivity contribution >= 4 is 24.2 Å². The largest absolute Gasteiger partial charge is 0.497 e. The van der Waals surface area contributed by atoms with E-state index in [-0.39, 0.29) is 30.1 Å². The van der Waals surface area contributed by atoms with Crippen LogP contribution in [0.15, 0.2) is 24.3 Å². The minimum Gasteiger partial charge on any atom is -0.497 e. The molecule has 7 heteroatoms. The summed E-state index contributed by atoms with van der Waals surface area (Å²) in [6, 6.07) is 6.34. The number of nitrogens with one attached hydrogen (secondary N) is 2. The van der Waals surface area contributed by atoms with Gasteiger partial charge in [0.15, 0.2) is 0 Å². The Kier molecular flexibility index (Phi) is 9.21.